The van der Waals surface area contributed by atoms with E-state index in [0.29, 0.717) is 12.1 Å². The minimum atomic E-state index is 0.525. The van der Waals surface area contributed by atoms with Gasteiger partial charge in [0.1, 0.15) is 0 Å². The van der Waals surface area contributed by atoms with E-state index in [1.165, 1.54) is 77.0 Å². The van der Waals surface area contributed by atoms with Gasteiger partial charge in [0, 0.05) is 18.1 Å². The molecule has 0 aliphatic heterocycles. The molecule has 0 unspecified atom stereocenters. The molecule has 2 rings (SSSR count). The molecule has 0 spiro atoms. The molecule has 0 aromatic carbocycles. The first kappa shape index (κ1) is 17.0. The maximum Gasteiger partial charge on any atom is 0.00694 e. The molecule has 0 aromatic rings. The summed E-state index contributed by atoms with van der Waals surface area (Å²) in [5, 5.41) is 3.62. The maximum absolute atomic E-state index is 5.73. The lowest BCUT2D eigenvalue weighted by Crippen LogP contribution is -2.34. The quantitative estimate of drug-likeness (QED) is 0.730. The smallest absolute Gasteiger partial charge is 0.00694 e. The maximum atomic E-state index is 5.73. The van der Waals surface area contributed by atoms with Crippen LogP contribution in [0.4, 0.5) is 0 Å². The van der Waals surface area contributed by atoms with Crippen LogP contribution in [0.15, 0.2) is 0 Å². The second-order valence-corrected chi connectivity index (χ2v) is 6.76. The molecule has 2 fully saturated rings. The van der Waals surface area contributed by atoms with Crippen LogP contribution in [0.1, 0.15) is 90.9 Å². The highest BCUT2D eigenvalue weighted by atomic mass is 14.9. The highest BCUT2D eigenvalue weighted by molar-refractivity contribution is 4.72. The average molecular weight is 268 g/mol. The van der Waals surface area contributed by atoms with Gasteiger partial charge in [-0.3, -0.25) is 0 Å². The minimum Gasteiger partial charge on any atom is -0.328 e. The molecule has 2 heteroatoms. The van der Waals surface area contributed by atoms with Crippen LogP contribution in [-0.2, 0) is 0 Å². The van der Waals surface area contributed by atoms with E-state index in [1.807, 2.05) is 0 Å². The first-order valence-electron chi connectivity index (χ1n) is 8.70. The predicted octanol–water partition coefficient (Wildman–Crippen LogP) is 4.38. The molecule has 19 heavy (non-hydrogen) atoms. The fourth-order valence-corrected chi connectivity index (χ4v) is 3.23. The molecule has 0 radical (unpaired) electrons. The lowest BCUT2D eigenvalue weighted by Gasteiger charge is -2.18. The highest BCUT2D eigenvalue weighted by Gasteiger charge is 2.11. The molecule has 0 aromatic heterocycles. The zero-order chi connectivity index (χ0) is 13.9. The van der Waals surface area contributed by atoms with Crippen LogP contribution >= 0.6 is 0 Å². The van der Waals surface area contributed by atoms with Crippen molar-refractivity contribution in [1.29, 1.82) is 0 Å². The molecule has 2 aliphatic rings. The first-order valence-corrected chi connectivity index (χ1v) is 8.70. The lowest BCUT2D eigenvalue weighted by molar-refractivity contribution is 0.422. The molecular formula is C17H36N2. The monoisotopic (exact) mass is 268 g/mol. The van der Waals surface area contributed by atoms with Crippen molar-refractivity contribution < 1.29 is 0 Å². The molecule has 0 heterocycles. The Bertz CT molecular complexity index is 187. The van der Waals surface area contributed by atoms with Crippen molar-refractivity contribution in [3.8, 4) is 0 Å². The summed E-state index contributed by atoms with van der Waals surface area (Å²) in [5.41, 5.74) is 5.73. The largest absolute Gasteiger partial charge is 0.328 e. The van der Waals surface area contributed by atoms with Crippen molar-refractivity contribution in [3.63, 3.8) is 0 Å². The fraction of sp³-hybridized carbons (Fsp3) is 1.00. The summed E-state index contributed by atoms with van der Waals surface area (Å²) in [6.07, 6.45) is 16.7. The molecule has 0 saturated heterocycles. The van der Waals surface area contributed by atoms with Crippen LogP contribution in [0.2, 0.25) is 0 Å². The molecular weight excluding hydrogens is 232 g/mol. The number of rotatable bonds is 2. The van der Waals surface area contributed by atoms with E-state index in [9.17, 15) is 0 Å². The second-order valence-electron chi connectivity index (χ2n) is 6.76. The third kappa shape index (κ3) is 9.45. The van der Waals surface area contributed by atoms with Crippen molar-refractivity contribution >= 4 is 0 Å². The van der Waals surface area contributed by atoms with Crippen molar-refractivity contribution in [3.05, 3.63) is 0 Å². The van der Waals surface area contributed by atoms with Gasteiger partial charge in [-0.2, -0.15) is 0 Å². The number of nitrogens with one attached hydrogen (secondary N) is 1. The van der Waals surface area contributed by atoms with E-state index >= 15 is 0 Å². The zero-order valence-corrected chi connectivity index (χ0v) is 13.3. The van der Waals surface area contributed by atoms with E-state index in [1.54, 1.807) is 0 Å². The van der Waals surface area contributed by atoms with Gasteiger partial charge in [0.2, 0.25) is 0 Å². The van der Waals surface area contributed by atoms with E-state index in [2.05, 4.69) is 19.2 Å². The number of hydrogen-bond donors (Lipinski definition) is 2. The molecule has 0 amide bonds. The van der Waals surface area contributed by atoms with Crippen LogP contribution in [0.5, 0.6) is 0 Å². The summed E-state index contributed by atoms with van der Waals surface area (Å²) >= 11 is 0. The van der Waals surface area contributed by atoms with Gasteiger partial charge in [-0.15, -0.1) is 0 Å². The Hall–Kier alpha value is -0.0800. The van der Waals surface area contributed by atoms with E-state index in [-0.39, 0.29) is 0 Å². The van der Waals surface area contributed by atoms with Crippen LogP contribution in [0.3, 0.4) is 0 Å². The minimum absolute atomic E-state index is 0.525. The van der Waals surface area contributed by atoms with Gasteiger partial charge < -0.3 is 11.1 Å². The SMILES string of the molecule is CC(C)NC1CCCCCC1.NC1CCCCCC1. The Morgan fingerprint density at radius 2 is 1.16 bits per heavy atom. The molecule has 114 valence electrons. The van der Waals surface area contributed by atoms with E-state index in [4.69, 9.17) is 5.73 Å². The van der Waals surface area contributed by atoms with Gasteiger partial charge in [0.05, 0.1) is 0 Å². The van der Waals surface area contributed by atoms with Gasteiger partial charge in [-0.05, 0) is 25.7 Å². The Morgan fingerprint density at radius 3 is 1.58 bits per heavy atom. The van der Waals surface area contributed by atoms with Crippen molar-refractivity contribution in [2.45, 2.75) is 109 Å². The first-order chi connectivity index (χ1) is 9.18. The van der Waals surface area contributed by atoms with Crippen LogP contribution in [0.25, 0.3) is 0 Å². The Kier molecular flexibility index (Phi) is 9.54. The molecule has 3 N–H and O–H groups in total. The van der Waals surface area contributed by atoms with E-state index in [0.717, 1.165) is 6.04 Å². The van der Waals surface area contributed by atoms with Crippen LogP contribution in [-0.4, -0.2) is 18.1 Å². The summed E-state index contributed by atoms with van der Waals surface area (Å²) in [6, 6.07) is 2.01. The van der Waals surface area contributed by atoms with Gasteiger partial charge in [-0.1, -0.05) is 65.2 Å². The molecule has 0 bridgehead atoms. The summed E-state index contributed by atoms with van der Waals surface area (Å²) in [6.45, 7) is 4.48. The fourth-order valence-electron chi connectivity index (χ4n) is 3.23. The Morgan fingerprint density at radius 1 is 0.737 bits per heavy atom. The molecule has 2 saturated carbocycles. The van der Waals surface area contributed by atoms with Crippen LogP contribution in [0, 0.1) is 0 Å². The van der Waals surface area contributed by atoms with Crippen molar-refractivity contribution in [2.24, 2.45) is 5.73 Å². The van der Waals surface area contributed by atoms with Crippen molar-refractivity contribution in [1.82, 2.24) is 5.32 Å². The summed E-state index contributed by atoms with van der Waals surface area (Å²) in [4.78, 5) is 0. The standard InChI is InChI=1S/C10H21N.C7H15N/c1-9(2)11-10-7-5-3-4-6-8-10;8-7-5-3-1-2-4-6-7/h9-11H,3-8H2,1-2H3;7H,1-6,8H2. The van der Waals surface area contributed by atoms with Crippen LogP contribution < -0.4 is 11.1 Å². The predicted molar refractivity (Wildman–Crippen MR) is 85.4 cm³/mol. The average Bonchev–Trinajstić information content (AvgIpc) is 2.74. The molecule has 2 aliphatic carbocycles. The Labute approximate surface area is 120 Å². The number of hydrogen-bond acceptors (Lipinski definition) is 2. The second kappa shape index (κ2) is 10.7. The lowest BCUT2D eigenvalue weighted by atomic mass is 10.1. The van der Waals surface area contributed by atoms with Gasteiger partial charge >= 0.3 is 0 Å². The molecule has 0 atom stereocenters. The van der Waals surface area contributed by atoms with Gasteiger partial charge in [0.15, 0.2) is 0 Å². The zero-order valence-electron chi connectivity index (χ0n) is 13.3. The third-order valence-corrected chi connectivity index (χ3v) is 4.32. The van der Waals surface area contributed by atoms with Gasteiger partial charge in [-0.25, -0.2) is 0 Å². The molecule has 2 nitrogen and oxygen atoms in total. The van der Waals surface area contributed by atoms with Gasteiger partial charge in [0.25, 0.3) is 0 Å². The Balaban J connectivity index is 0.000000200. The summed E-state index contributed by atoms with van der Waals surface area (Å²) < 4.78 is 0. The topological polar surface area (TPSA) is 38.0 Å². The van der Waals surface area contributed by atoms with E-state index < -0.39 is 0 Å². The normalized spacial score (nSPS) is 23.4. The third-order valence-electron chi connectivity index (χ3n) is 4.32. The van der Waals surface area contributed by atoms with Crippen molar-refractivity contribution in [2.75, 3.05) is 0 Å². The summed E-state index contributed by atoms with van der Waals surface area (Å²) in [7, 11) is 0. The highest BCUT2D eigenvalue weighted by Crippen LogP contribution is 2.17. The number of nitrogens with two attached hydrogens (primary N) is 1. The summed E-state index contributed by atoms with van der Waals surface area (Å²) in [5.74, 6) is 0.